The minimum absolute atomic E-state index is 0.0200. The van der Waals surface area contributed by atoms with Crippen LogP contribution in [0.5, 0.6) is 0 Å². The van der Waals surface area contributed by atoms with Gasteiger partial charge in [-0.25, -0.2) is 4.79 Å². The first kappa shape index (κ1) is 13.6. The molecule has 7 nitrogen and oxygen atoms in total. The molecule has 0 spiro atoms. The van der Waals surface area contributed by atoms with Gasteiger partial charge in [0.05, 0.1) is 21.3 Å². The second-order valence-electron chi connectivity index (χ2n) is 3.14. The molecule has 2 unspecified atom stereocenters. The zero-order chi connectivity index (χ0) is 13.1. The van der Waals surface area contributed by atoms with E-state index in [1.54, 1.807) is 0 Å². The molecule has 0 fully saturated rings. The Hall–Kier alpha value is -1.47. The van der Waals surface area contributed by atoms with Crippen LogP contribution in [0.2, 0.25) is 0 Å². The molecule has 0 N–H and O–H groups in total. The van der Waals surface area contributed by atoms with Crippen LogP contribution in [0.1, 0.15) is 0 Å². The summed E-state index contributed by atoms with van der Waals surface area (Å²) in [6.07, 6.45) is -0.903. The van der Waals surface area contributed by atoms with Gasteiger partial charge in [0.25, 0.3) is 0 Å². The van der Waals surface area contributed by atoms with Crippen LogP contribution >= 0.6 is 0 Å². The van der Waals surface area contributed by atoms with Crippen molar-refractivity contribution in [3.05, 3.63) is 11.7 Å². The van der Waals surface area contributed by atoms with Crippen LogP contribution < -0.4 is 0 Å². The topological polar surface area (TPSA) is 72.5 Å². The molecule has 0 saturated carbocycles. The second-order valence-corrected chi connectivity index (χ2v) is 3.14. The Morgan fingerprint density at radius 1 is 1.18 bits per heavy atom. The molecule has 0 amide bonds. The van der Waals surface area contributed by atoms with Crippen LogP contribution in [0, 0.1) is 0 Å². The van der Waals surface area contributed by atoms with Gasteiger partial charge in [-0.1, -0.05) is 0 Å². The van der Waals surface area contributed by atoms with Gasteiger partial charge in [-0.05, 0) is 0 Å². The third-order valence-corrected chi connectivity index (χ3v) is 2.44. The lowest BCUT2D eigenvalue weighted by Crippen LogP contribution is -2.52. The molecule has 1 heterocycles. The lowest BCUT2D eigenvalue weighted by Gasteiger charge is -2.28. The first-order valence-electron chi connectivity index (χ1n) is 4.78. The Bertz CT molecular complexity index is 325. The summed E-state index contributed by atoms with van der Waals surface area (Å²) in [6.45, 7) is 0. The highest BCUT2D eigenvalue weighted by atomic mass is 16.8. The van der Waals surface area contributed by atoms with E-state index in [1.165, 1.54) is 35.5 Å². The highest BCUT2D eigenvalue weighted by Crippen LogP contribution is 2.38. The lowest BCUT2D eigenvalue weighted by atomic mass is 10.1. The Morgan fingerprint density at radius 3 is 2.18 bits per heavy atom. The standard InChI is InChI=1S/C10H16O7/c1-12-6-7(13-2)10(16-5,9(11)15-4)17-8(6)14-3/h7H,1-5H3. The summed E-state index contributed by atoms with van der Waals surface area (Å²) in [5.41, 5.74) is 0. The molecule has 1 rings (SSSR count). The molecular formula is C10H16O7. The average molecular weight is 248 g/mol. The molecule has 98 valence electrons. The molecule has 0 bridgehead atoms. The molecule has 0 aromatic rings. The number of carbonyl (C=O) groups excluding carboxylic acids is 1. The van der Waals surface area contributed by atoms with E-state index in [2.05, 4.69) is 4.74 Å². The van der Waals surface area contributed by atoms with Crippen molar-refractivity contribution in [2.24, 2.45) is 0 Å². The number of carbonyl (C=O) groups is 1. The normalized spacial score (nSPS) is 27.7. The number of esters is 1. The number of rotatable bonds is 5. The molecule has 0 aliphatic carbocycles. The summed E-state index contributed by atoms with van der Waals surface area (Å²) >= 11 is 0. The molecule has 1 aliphatic rings. The molecular weight excluding hydrogens is 232 g/mol. The maximum absolute atomic E-state index is 11.8. The maximum atomic E-state index is 11.8. The van der Waals surface area contributed by atoms with E-state index in [1.807, 2.05) is 0 Å². The third kappa shape index (κ3) is 1.91. The highest BCUT2D eigenvalue weighted by molar-refractivity contribution is 5.80. The van der Waals surface area contributed by atoms with Crippen molar-refractivity contribution < 1.29 is 33.2 Å². The fourth-order valence-electron chi connectivity index (χ4n) is 1.64. The van der Waals surface area contributed by atoms with E-state index in [0.717, 1.165) is 0 Å². The smallest absolute Gasteiger partial charge is 0.383 e. The Labute approximate surface area is 99.2 Å². The van der Waals surface area contributed by atoms with E-state index < -0.39 is 17.9 Å². The van der Waals surface area contributed by atoms with Gasteiger partial charge in [-0.2, -0.15) is 0 Å². The monoisotopic (exact) mass is 248 g/mol. The zero-order valence-electron chi connectivity index (χ0n) is 10.4. The van der Waals surface area contributed by atoms with Crippen LogP contribution in [0.3, 0.4) is 0 Å². The molecule has 1 aliphatic heterocycles. The molecule has 7 heteroatoms. The SMILES string of the molecule is COC(=O)C1(OC)OC(OC)=C(OC)C1OC. The van der Waals surface area contributed by atoms with E-state index in [9.17, 15) is 4.79 Å². The molecule has 0 radical (unpaired) electrons. The molecule has 0 saturated heterocycles. The van der Waals surface area contributed by atoms with Crippen molar-refractivity contribution in [1.29, 1.82) is 0 Å². The van der Waals surface area contributed by atoms with Crippen molar-refractivity contribution in [3.8, 4) is 0 Å². The van der Waals surface area contributed by atoms with Crippen LogP contribution in [0.4, 0.5) is 0 Å². The average Bonchev–Trinajstić information content (AvgIpc) is 2.71. The highest BCUT2D eigenvalue weighted by Gasteiger charge is 2.60. The third-order valence-electron chi connectivity index (χ3n) is 2.44. The number of hydrogen-bond donors (Lipinski definition) is 0. The Kier molecular flexibility index (Phi) is 4.19. The summed E-state index contributed by atoms with van der Waals surface area (Å²) in [4.78, 5) is 11.8. The summed E-state index contributed by atoms with van der Waals surface area (Å²) in [7, 11) is 6.70. The Morgan fingerprint density at radius 2 is 1.82 bits per heavy atom. The van der Waals surface area contributed by atoms with E-state index in [-0.39, 0.29) is 11.7 Å². The summed E-state index contributed by atoms with van der Waals surface area (Å²) in [6, 6.07) is 0. The minimum atomic E-state index is -1.75. The first-order chi connectivity index (χ1) is 8.11. The zero-order valence-corrected chi connectivity index (χ0v) is 10.4. The largest absolute Gasteiger partial charge is 0.492 e. The van der Waals surface area contributed by atoms with Gasteiger partial charge < -0.3 is 28.4 Å². The van der Waals surface area contributed by atoms with Crippen LogP contribution in [0.25, 0.3) is 0 Å². The molecule has 2 atom stereocenters. The quantitative estimate of drug-likeness (QED) is 0.634. The van der Waals surface area contributed by atoms with E-state index in [0.29, 0.717) is 0 Å². The first-order valence-corrected chi connectivity index (χ1v) is 4.78. The number of methoxy groups -OCH3 is 5. The summed E-state index contributed by atoms with van der Waals surface area (Å²) in [5.74, 6) is -2.25. The van der Waals surface area contributed by atoms with Crippen molar-refractivity contribution in [3.63, 3.8) is 0 Å². The van der Waals surface area contributed by atoms with Crippen molar-refractivity contribution >= 4 is 5.97 Å². The van der Waals surface area contributed by atoms with E-state index >= 15 is 0 Å². The minimum Gasteiger partial charge on any atom is -0.492 e. The fraction of sp³-hybridized carbons (Fsp3) is 0.700. The predicted molar refractivity (Wildman–Crippen MR) is 54.7 cm³/mol. The van der Waals surface area contributed by atoms with Crippen molar-refractivity contribution in [2.75, 3.05) is 35.5 Å². The maximum Gasteiger partial charge on any atom is 0.383 e. The lowest BCUT2D eigenvalue weighted by molar-refractivity contribution is -0.253. The number of ether oxygens (including phenoxy) is 6. The Balaban J connectivity index is 3.17. The van der Waals surface area contributed by atoms with Gasteiger partial charge in [0.2, 0.25) is 5.76 Å². The van der Waals surface area contributed by atoms with Gasteiger partial charge in [-0.3, -0.25) is 0 Å². The fourth-order valence-corrected chi connectivity index (χ4v) is 1.64. The van der Waals surface area contributed by atoms with Gasteiger partial charge in [-0.15, -0.1) is 0 Å². The predicted octanol–water partition coefficient (Wildman–Crippen LogP) is 0.00920. The van der Waals surface area contributed by atoms with Gasteiger partial charge in [0.1, 0.15) is 0 Å². The van der Waals surface area contributed by atoms with Crippen molar-refractivity contribution in [1.82, 2.24) is 0 Å². The van der Waals surface area contributed by atoms with Gasteiger partial charge in [0.15, 0.2) is 6.10 Å². The second kappa shape index (κ2) is 5.24. The van der Waals surface area contributed by atoms with Gasteiger partial charge >= 0.3 is 17.7 Å². The molecule has 0 aromatic heterocycles. The van der Waals surface area contributed by atoms with E-state index in [4.69, 9.17) is 23.7 Å². The van der Waals surface area contributed by atoms with Gasteiger partial charge in [0, 0.05) is 14.2 Å². The van der Waals surface area contributed by atoms with Crippen LogP contribution in [-0.2, 0) is 33.2 Å². The molecule has 17 heavy (non-hydrogen) atoms. The van der Waals surface area contributed by atoms with Crippen LogP contribution in [-0.4, -0.2) is 53.4 Å². The molecule has 0 aromatic carbocycles. The van der Waals surface area contributed by atoms with Crippen molar-refractivity contribution in [2.45, 2.75) is 11.9 Å². The number of hydrogen-bond acceptors (Lipinski definition) is 7. The summed E-state index contributed by atoms with van der Waals surface area (Å²) in [5, 5.41) is 0. The summed E-state index contributed by atoms with van der Waals surface area (Å²) < 4.78 is 30.3. The van der Waals surface area contributed by atoms with Crippen LogP contribution in [0.15, 0.2) is 11.7 Å².